The van der Waals surface area contributed by atoms with Crippen LogP contribution in [0, 0.1) is 0 Å². The second-order valence-electron chi connectivity index (χ2n) is 5.61. The van der Waals surface area contributed by atoms with Crippen LogP contribution in [0.4, 0.5) is 4.79 Å². The summed E-state index contributed by atoms with van der Waals surface area (Å²) >= 11 is 13.2. The zero-order valence-corrected chi connectivity index (χ0v) is 16.5. The highest BCUT2D eigenvalue weighted by atomic mass is 35.5. The Morgan fingerprint density at radius 1 is 1.07 bits per heavy atom. The van der Waals surface area contributed by atoms with Crippen LogP contribution in [-0.4, -0.2) is 22.7 Å². The van der Waals surface area contributed by atoms with E-state index in [-0.39, 0.29) is 17.7 Å². The molecular formula is C20H15Cl2NO3S. The quantitative estimate of drug-likeness (QED) is 0.438. The van der Waals surface area contributed by atoms with Crippen LogP contribution in [0.3, 0.4) is 0 Å². The number of amides is 2. The molecule has 1 heterocycles. The van der Waals surface area contributed by atoms with E-state index in [0.717, 1.165) is 16.7 Å². The van der Waals surface area contributed by atoms with E-state index in [0.29, 0.717) is 38.4 Å². The van der Waals surface area contributed by atoms with Gasteiger partial charge in [0.15, 0.2) is 0 Å². The van der Waals surface area contributed by atoms with Gasteiger partial charge in [-0.3, -0.25) is 14.5 Å². The number of hydrogen-bond donors (Lipinski definition) is 0. The van der Waals surface area contributed by atoms with E-state index in [1.807, 2.05) is 18.2 Å². The van der Waals surface area contributed by atoms with Crippen molar-refractivity contribution in [2.24, 2.45) is 0 Å². The number of carbonyl (C=O) groups is 2. The maximum absolute atomic E-state index is 12.7. The molecule has 7 heteroatoms. The van der Waals surface area contributed by atoms with Gasteiger partial charge in [0, 0.05) is 21.2 Å². The van der Waals surface area contributed by atoms with Gasteiger partial charge in [-0.2, -0.15) is 0 Å². The Morgan fingerprint density at radius 2 is 1.78 bits per heavy atom. The van der Waals surface area contributed by atoms with Gasteiger partial charge in [-0.25, -0.2) is 0 Å². The van der Waals surface area contributed by atoms with Crippen LogP contribution >= 0.6 is 35.0 Å². The van der Waals surface area contributed by atoms with Gasteiger partial charge in [-0.15, -0.1) is 0 Å². The van der Waals surface area contributed by atoms with Crippen LogP contribution in [0.25, 0.3) is 6.08 Å². The van der Waals surface area contributed by atoms with Crippen LogP contribution in [0.15, 0.2) is 60.0 Å². The van der Waals surface area contributed by atoms with Gasteiger partial charge in [0.05, 0.1) is 11.4 Å². The van der Waals surface area contributed by atoms with Crippen molar-refractivity contribution in [3.63, 3.8) is 0 Å². The minimum atomic E-state index is -0.389. The van der Waals surface area contributed by atoms with Crippen LogP contribution in [0.5, 0.6) is 5.75 Å². The van der Waals surface area contributed by atoms with Gasteiger partial charge in [-0.1, -0.05) is 60.1 Å². The van der Waals surface area contributed by atoms with Crippen molar-refractivity contribution in [3.8, 4) is 5.75 Å². The average molecular weight is 420 g/mol. The highest BCUT2D eigenvalue weighted by molar-refractivity contribution is 8.18. The van der Waals surface area contributed by atoms with Crippen molar-refractivity contribution in [2.45, 2.75) is 6.54 Å². The molecule has 0 aliphatic carbocycles. The first-order valence-corrected chi connectivity index (χ1v) is 9.59. The van der Waals surface area contributed by atoms with E-state index in [2.05, 4.69) is 6.58 Å². The zero-order chi connectivity index (χ0) is 19.4. The molecule has 1 aliphatic rings. The molecule has 0 atom stereocenters. The Labute approximate surface area is 171 Å². The van der Waals surface area contributed by atoms with E-state index in [4.69, 9.17) is 27.9 Å². The van der Waals surface area contributed by atoms with Crippen LogP contribution in [-0.2, 0) is 11.3 Å². The van der Waals surface area contributed by atoms with Crippen molar-refractivity contribution in [2.75, 3.05) is 6.61 Å². The molecule has 0 radical (unpaired) electrons. The smallest absolute Gasteiger partial charge is 0.293 e. The maximum atomic E-state index is 12.7. The molecule has 0 bridgehead atoms. The van der Waals surface area contributed by atoms with E-state index in [9.17, 15) is 9.59 Å². The molecule has 27 heavy (non-hydrogen) atoms. The number of imide groups is 1. The topological polar surface area (TPSA) is 46.6 Å². The largest absolute Gasteiger partial charge is 0.489 e. The molecular weight excluding hydrogens is 405 g/mol. The monoisotopic (exact) mass is 419 g/mol. The van der Waals surface area contributed by atoms with Gasteiger partial charge in [-0.05, 0) is 36.0 Å². The number of hydrogen-bond acceptors (Lipinski definition) is 4. The number of nitrogens with zero attached hydrogens (tertiary/aromatic N) is 1. The summed E-state index contributed by atoms with van der Waals surface area (Å²) in [6, 6.07) is 12.3. The van der Waals surface area contributed by atoms with Crippen molar-refractivity contribution in [1.29, 1.82) is 0 Å². The van der Waals surface area contributed by atoms with Gasteiger partial charge < -0.3 is 4.74 Å². The van der Waals surface area contributed by atoms with Crippen molar-refractivity contribution >= 4 is 52.2 Å². The number of rotatable bonds is 6. The SMILES string of the molecule is C=CCOc1ccccc1/C=C1\SC(=O)N(Cc2c(Cl)cccc2Cl)C1=O. The first-order valence-electron chi connectivity index (χ1n) is 8.02. The number of ether oxygens (including phenoxy) is 1. The van der Waals surface area contributed by atoms with Gasteiger partial charge >= 0.3 is 0 Å². The van der Waals surface area contributed by atoms with Crippen molar-refractivity contribution in [3.05, 3.63) is 81.2 Å². The van der Waals surface area contributed by atoms with E-state index >= 15 is 0 Å². The average Bonchev–Trinajstić information content (AvgIpc) is 2.91. The molecule has 2 amide bonds. The van der Waals surface area contributed by atoms with Crippen molar-refractivity contribution < 1.29 is 14.3 Å². The summed E-state index contributed by atoms with van der Waals surface area (Å²) in [5, 5.41) is 0.453. The molecule has 1 fully saturated rings. The van der Waals surface area contributed by atoms with Gasteiger partial charge in [0.2, 0.25) is 0 Å². The molecule has 1 saturated heterocycles. The van der Waals surface area contributed by atoms with Gasteiger partial charge in [0.25, 0.3) is 11.1 Å². The number of halogens is 2. The van der Waals surface area contributed by atoms with Crippen molar-refractivity contribution in [1.82, 2.24) is 4.90 Å². The summed E-state index contributed by atoms with van der Waals surface area (Å²) in [6.07, 6.45) is 3.29. The normalized spacial score (nSPS) is 15.5. The fourth-order valence-electron chi connectivity index (χ4n) is 2.50. The lowest BCUT2D eigenvalue weighted by Crippen LogP contribution is -2.27. The number of benzene rings is 2. The number of thioether (sulfide) groups is 1. The minimum Gasteiger partial charge on any atom is -0.489 e. The molecule has 2 aromatic rings. The van der Waals surface area contributed by atoms with Gasteiger partial charge in [0.1, 0.15) is 12.4 Å². The molecule has 4 nitrogen and oxygen atoms in total. The summed E-state index contributed by atoms with van der Waals surface area (Å²) in [7, 11) is 0. The second-order valence-corrected chi connectivity index (χ2v) is 7.41. The summed E-state index contributed by atoms with van der Waals surface area (Å²) in [4.78, 5) is 26.6. The molecule has 3 rings (SSSR count). The van der Waals surface area contributed by atoms with Crippen LogP contribution in [0.2, 0.25) is 10.0 Å². The third kappa shape index (κ3) is 4.38. The lowest BCUT2D eigenvalue weighted by Gasteiger charge is -2.14. The molecule has 0 unspecified atom stereocenters. The lowest BCUT2D eigenvalue weighted by atomic mass is 10.1. The number of carbonyl (C=O) groups excluding carboxylic acids is 2. The lowest BCUT2D eigenvalue weighted by molar-refractivity contribution is -0.123. The predicted octanol–water partition coefficient (Wildman–Crippen LogP) is 5.79. The Bertz CT molecular complexity index is 922. The molecule has 1 aliphatic heterocycles. The Hall–Kier alpha value is -2.21. The first kappa shape index (κ1) is 19.5. The fraction of sp³-hybridized carbons (Fsp3) is 0.100. The zero-order valence-electron chi connectivity index (χ0n) is 14.2. The summed E-state index contributed by atoms with van der Waals surface area (Å²) < 4.78 is 5.60. The predicted molar refractivity (Wildman–Crippen MR) is 110 cm³/mol. The Balaban J connectivity index is 1.86. The molecule has 2 aromatic carbocycles. The first-order chi connectivity index (χ1) is 13.0. The minimum absolute atomic E-state index is 0.0229. The fourth-order valence-corrected chi connectivity index (χ4v) is 3.85. The molecule has 138 valence electrons. The standard InChI is InChI=1S/C20H15Cl2NO3S/c1-2-10-26-17-9-4-3-6-13(17)11-18-19(24)23(20(25)27-18)12-14-15(21)7-5-8-16(14)22/h2-9,11H,1,10,12H2/b18-11-. The van der Waals surface area contributed by atoms with E-state index < -0.39 is 0 Å². The third-order valence-corrected chi connectivity index (χ3v) is 5.43. The molecule has 0 N–H and O–H groups in total. The van der Waals surface area contributed by atoms with Crippen LogP contribution in [0.1, 0.15) is 11.1 Å². The highest BCUT2D eigenvalue weighted by Crippen LogP contribution is 2.36. The van der Waals surface area contributed by atoms with E-state index in [1.54, 1.807) is 36.4 Å². The summed E-state index contributed by atoms with van der Waals surface area (Å²) in [5.41, 5.74) is 1.25. The maximum Gasteiger partial charge on any atom is 0.293 e. The highest BCUT2D eigenvalue weighted by Gasteiger charge is 2.35. The Morgan fingerprint density at radius 3 is 2.48 bits per heavy atom. The van der Waals surface area contributed by atoms with E-state index in [1.165, 1.54) is 0 Å². The second kappa shape index (κ2) is 8.65. The van der Waals surface area contributed by atoms with Crippen LogP contribution < -0.4 is 4.74 Å². The Kier molecular flexibility index (Phi) is 6.26. The third-order valence-electron chi connectivity index (χ3n) is 3.81. The molecule has 0 saturated carbocycles. The number of para-hydroxylation sites is 1. The summed E-state index contributed by atoms with van der Waals surface area (Å²) in [6.45, 7) is 3.99. The molecule has 0 aromatic heterocycles. The molecule has 0 spiro atoms. The summed E-state index contributed by atoms with van der Waals surface area (Å²) in [5.74, 6) is 0.220.